The lowest BCUT2D eigenvalue weighted by Gasteiger charge is -2.32. The summed E-state index contributed by atoms with van der Waals surface area (Å²) in [5.41, 5.74) is 1.32. The van der Waals surface area contributed by atoms with Crippen molar-refractivity contribution in [3.8, 4) is 0 Å². The Labute approximate surface area is 105 Å². The largest absolute Gasteiger partial charge is 0.481 e. The van der Waals surface area contributed by atoms with E-state index in [1.54, 1.807) is 11.3 Å². The first-order valence-electron chi connectivity index (χ1n) is 5.74. The van der Waals surface area contributed by atoms with Crippen LogP contribution in [0.2, 0.25) is 0 Å². The molecule has 94 valence electrons. The topological polar surface area (TPSA) is 49.8 Å². The smallest absolute Gasteiger partial charge is 0.306 e. The third-order valence-corrected chi connectivity index (χ3v) is 3.97. The van der Waals surface area contributed by atoms with Crippen LogP contribution in [0.1, 0.15) is 16.9 Å². The van der Waals surface area contributed by atoms with Gasteiger partial charge in [-0.1, -0.05) is 0 Å². The number of carboxylic acid groups (broad SMARTS) is 1. The standard InChI is InChI=1S/C12H17NO3S/c1-9-2-5-17-11(9)8-13-3-4-16-10(7-13)6-12(14)15/h2,5,10H,3-4,6-8H2,1H3,(H,14,15). The molecule has 0 amide bonds. The number of aryl methyl sites for hydroxylation is 1. The van der Waals surface area contributed by atoms with E-state index in [0.29, 0.717) is 13.2 Å². The van der Waals surface area contributed by atoms with Gasteiger partial charge in [-0.15, -0.1) is 11.3 Å². The minimum Gasteiger partial charge on any atom is -0.481 e. The molecule has 0 spiro atoms. The van der Waals surface area contributed by atoms with Crippen molar-refractivity contribution in [1.82, 2.24) is 4.90 Å². The van der Waals surface area contributed by atoms with E-state index < -0.39 is 5.97 Å². The zero-order valence-corrected chi connectivity index (χ0v) is 10.7. The highest BCUT2D eigenvalue weighted by Gasteiger charge is 2.23. The van der Waals surface area contributed by atoms with Crippen molar-refractivity contribution in [2.75, 3.05) is 19.7 Å². The Balaban J connectivity index is 1.89. The lowest BCUT2D eigenvalue weighted by Crippen LogP contribution is -2.42. The predicted octanol–water partition coefficient (Wildman–Crippen LogP) is 1.73. The highest BCUT2D eigenvalue weighted by molar-refractivity contribution is 7.10. The van der Waals surface area contributed by atoms with E-state index in [1.165, 1.54) is 10.4 Å². The second-order valence-electron chi connectivity index (χ2n) is 4.35. The Morgan fingerprint density at radius 1 is 1.71 bits per heavy atom. The Kier molecular flexibility index (Phi) is 4.15. The van der Waals surface area contributed by atoms with Crippen molar-refractivity contribution in [3.63, 3.8) is 0 Å². The van der Waals surface area contributed by atoms with Crippen molar-refractivity contribution in [3.05, 3.63) is 21.9 Å². The molecule has 0 saturated carbocycles. The number of thiophene rings is 1. The first-order valence-corrected chi connectivity index (χ1v) is 6.62. The highest BCUT2D eigenvalue weighted by Crippen LogP contribution is 2.19. The molecule has 1 fully saturated rings. The van der Waals surface area contributed by atoms with E-state index in [2.05, 4.69) is 23.3 Å². The Morgan fingerprint density at radius 3 is 3.18 bits per heavy atom. The van der Waals surface area contributed by atoms with Gasteiger partial charge in [-0.3, -0.25) is 9.69 Å². The first-order chi connectivity index (χ1) is 8.15. The van der Waals surface area contributed by atoms with Crippen molar-refractivity contribution in [1.29, 1.82) is 0 Å². The number of morpholine rings is 1. The van der Waals surface area contributed by atoms with Crippen LogP contribution in [-0.2, 0) is 16.1 Å². The second-order valence-corrected chi connectivity index (χ2v) is 5.35. The van der Waals surface area contributed by atoms with Gasteiger partial charge >= 0.3 is 5.97 Å². The second kappa shape index (κ2) is 5.62. The molecule has 2 heterocycles. The molecule has 0 aliphatic carbocycles. The molecule has 1 N–H and O–H groups in total. The van der Waals surface area contributed by atoms with E-state index >= 15 is 0 Å². The van der Waals surface area contributed by atoms with Crippen LogP contribution in [0, 0.1) is 6.92 Å². The van der Waals surface area contributed by atoms with Gasteiger partial charge in [0.05, 0.1) is 19.1 Å². The lowest BCUT2D eigenvalue weighted by molar-refractivity contribution is -0.142. The molecule has 1 aromatic rings. The SMILES string of the molecule is Cc1ccsc1CN1CCOC(CC(=O)O)C1. The number of aliphatic carboxylic acids is 1. The molecule has 0 aromatic carbocycles. The number of carbonyl (C=O) groups is 1. The number of rotatable bonds is 4. The Morgan fingerprint density at radius 2 is 2.53 bits per heavy atom. The van der Waals surface area contributed by atoms with Gasteiger partial charge in [0.1, 0.15) is 0 Å². The fourth-order valence-electron chi connectivity index (χ4n) is 2.01. The van der Waals surface area contributed by atoms with Gasteiger partial charge in [0, 0.05) is 24.5 Å². The first kappa shape index (κ1) is 12.5. The molecule has 17 heavy (non-hydrogen) atoms. The van der Waals surface area contributed by atoms with Crippen molar-refractivity contribution in [2.24, 2.45) is 0 Å². The molecule has 1 aromatic heterocycles. The number of carboxylic acids is 1. The van der Waals surface area contributed by atoms with Crippen molar-refractivity contribution in [2.45, 2.75) is 26.0 Å². The van der Waals surface area contributed by atoms with Gasteiger partial charge in [0.2, 0.25) is 0 Å². The van der Waals surface area contributed by atoms with Crippen LogP contribution in [0.15, 0.2) is 11.4 Å². The molecular formula is C12H17NO3S. The summed E-state index contributed by atoms with van der Waals surface area (Å²) in [6, 6.07) is 2.12. The van der Waals surface area contributed by atoms with E-state index in [9.17, 15) is 4.79 Å². The Hall–Kier alpha value is -0.910. The summed E-state index contributed by atoms with van der Waals surface area (Å²) >= 11 is 1.76. The van der Waals surface area contributed by atoms with Crippen LogP contribution in [0.3, 0.4) is 0 Å². The summed E-state index contributed by atoms with van der Waals surface area (Å²) in [4.78, 5) is 14.3. The normalized spacial score (nSPS) is 21.6. The van der Waals surface area contributed by atoms with Crippen LogP contribution in [0.5, 0.6) is 0 Å². The fourth-order valence-corrected chi connectivity index (χ4v) is 2.96. The summed E-state index contributed by atoms with van der Waals surface area (Å²) in [5, 5.41) is 10.9. The van der Waals surface area contributed by atoms with Gasteiger partial charge in [0.25, 0.3) is 0 Å². The maximum absolute atomic E-state index is 10.6. The average Bonchev–Trinajstić information content (AvgIpc) is 2.64. The maximum atomic E-state index is 10.6. The number of hydrogen-bond donors (Lipinski definition) is 1. The molecule has 5 heteroatoms. The van der Waals surface area contributed by atoms with Crippen LogP contribution in [-0.4, -0.2) is 41.8 Å². The predicted molar refractivity (Wildman–Crippen MR) is 66.3 cm³/mol. The van der Waals surface area contributed by atoms with Crippen LogP contribution in [0.25, 0.3) is 0 Å². The number of nitrogens with zero attached hydrogens (tertiary/aromatic N) is 1. The molecule has 1 aliphatic rings. The lowest BCUT2D eigenvalue weighted by atomic mass is 10.2. The van der Waals surface area contributed by atoms with Crippen molar-refractivity contribution < 1.29 is 14.6 Å². The van der Waals surface area contributed by atoms with E-state index in [-0.39, 0.29) is 12.5 Å². The van der Waals surface area contributed by atoms with Gasteiger partial charge in [-0.05, 0) is 23.9 Å². The van der Waals surface area contributed by atoms with Gasteiger partial charge in [0.15, 0.2) is 0 Å². The van der Waals surface area contributed by atoms with E-state index in [4.69, 9.17) is 9.84 Å². The summed E-state index contributed by atoms with van der Waals surface area (Å²) < 4.78 is 5.45. The molecule has 2 rings (SSSR count). The molecule has 0 radical (unpaired) electrons. The van der Waals surface area contributed by atoms with Gasteiger partial charge in [-0.25, -0.2) is 0 Å². The minimum atomic E-state index is -0.788. The van der Waals surface area contributed by atoms with E-state index in [0.717, 1.165) is 13.1 Å². The average molecular weight is 255 g/mol. The van der Waals surface area contributed by atoms with Crippen molar-refractivity contribution >= 4 is 17.3 Å². The molecule has 1 saturated heterocycles. The fraction of sp³-hybridized carbons (Fsp3) is 0.583. The maximum Gasteiger partial charge on any atom is 0.306 e. The Bertz CT molecular complexity index is 391. The van der Waals surface area contributed by atoms with E-state index in [1.807, 2.05) is 0 Å². The quantitative estimate of drug-likeness (QED) is 0.890. The van der Waals surface area contributed by atoms with Gasteiger partial charge in [-0.2, -0.15) is 0 Å². The van der Waals surface area contributed by atoms with Crippen LogP contribution < -0.4 is 0 Å². The monoisotopic (exact) mass is 255 g/mol. The molecule has 4 nitrogen and oxygen atoms in total. The molecule has 1 aliphatic heterocycles. The molecule has 1 atom stereocenters. The molecular weight excluding hydrogens is 238 g/mol. The summed E-state index contributed by atoms with van der Waals surface area (Å²) in [7, 11) is 0. The molecule has 0 bridgehead atoms. The minimum absolute atomic E-state index is 0.0971. The summed E-state index contributed by atoms with van der Waals surface area (Å²) in [6.07, 6.45) is -0.0681. The van der Waals surface area contributed by atoms with Gasteiger partial charge < -0.3 is 9.84 Å². The van der Waals surface area contributed by atoms with Crippen LogP contribution >= 0.6 is 11.3 Å². The zero-order valence-electron chi connectivity index (χ0n) is 9.89. The number of hydrogen-bond acceptors (Lipinski definition) is 4. The zero-order chi connectivity index (χ0) is 12.3. The summed E-state index contributed by atoms with van der Waals surface area (Å²) in [5.74, 6) is -0.788. The highest BCUT2D eigenvalue weighted by atomic mass is 32.1. The van der Waals surface area contributed by atoms with Crippen LogP contribution in [0.4, 0.5) is 0 Å². The molecule has 1 unspecified atom stereocenters. The third-order valence-electron chi connectivity index (χ3n) is 2.96. The number of ether oxygens (including phenoxy) is 1. The summed E-state index contributed by atoms with van der Waals surface area (Å²) in [6.45, 7) is 5.24. The third kappa shape index (κ3) is 3.52.